The van der Waals surface area contributed by atoms with Crippen molar-refractivity contribution in [3.8, 4) is 0 Å². The van der Waals surface area contributed by atoms with Crippen LogP contribution in [0.1, 0.15) is 18.1 Å². The zero-order chi connectivity index (χ0) is 13.5. The van der Waals surface area contributed by atoms with Gasteiger partial charge in [0.2, 0.25) is 0 Å². The van der Waals surface area contributed by atoms with Crippen molar-refractivity contribution in [3.63, 3.8) is 0 Å². The Morgan fingerprint density at radius 2 is 1.94 bits per heavy atom. The van der Waals surface area contributed by atoms with Crippen LogP contribution in [0.3, 0.4) is 0 Å². The van der Waals surface area contributed by atoms with E-state index in [-0.39, 0.29) is 17.1 Å². The summed E-state index contributed by atoms with van der Waals surface area (Å²) < 4.78 is 37.7. The van der Waals surface area contributed by atoms with Gasteiger partial charge in [0.25, 0.3) is 0 Å². The number of benzene rings is 1. The third-order valence-corrected chi connectivity index (χ3v) is 2.33. The Morgan fingerprint density at radius 3 is 2.41 bits per heavy atom. The summed E-state index contributed by atoms with van der Waals surface area (Å²) in [5.74, 6) is 0. The molecular weight excluding hydrogens is 253 g/mol. The fourth-order valence-electron chi connectivity index (χ4n) is 1.25. The number of hydrogen-bond donors (Lipinski definition) is 2. The summed E-state index contributed by atoms with van der Waals surface area (Å²) >= 11 is 5.73. The molecule has 0 fully saturated rings. The third-order valence-electron chi connectivity index (χ3n) is 1.98. The van der Waals surface area contributed by atoms with E-state index in [9.17, 15) is 13.2 Å². The summed E-state index contributed by atoms with van der Waals surface area (Å²) in [6, 6.07) is 3.81. The summed E-state index contributed by atoms with van der Waals surface area (Å²) in [6.45, 7) is 5.05. The molecule has 0 heterocycles. The monoisotopic (exact) mass is 266 g/mol. The first-order chi connectivity index (χ1) is 7.96. The predicted octanol–water partition coefficient (Wildman–Crippen LogP) is 3.73. The number of nitrogens with one attached hydrogen (secondary N) is 2. The van der Waals surface area contributed by atoms with Crippen molar-refractivity contribution in [1.82, 2.24) is 5.32 Å². The largest absolute Gasteiger partial charge is 0.416 e. The van der Waals surface area contributed by atoms with E-state index in [4.69, 9.17) is 17.0 Å². The summed E-state index contributed by atoms with van der Waals surface area (Å²) in [5.41, 5.74) is -0.565. The lowest BCUT2D eigenvalue weighted by atomic mass is 10.1. The maximum absolute atomic E-state index is 12.6. The molecule has 0 aliphatic rings. The standard InChI is InChI=1S/C10H11ClF3N.CH3N/c1-2-15-6-7-8(10(12,13)14)4-3-5-9(7)11;1-2/h3-5,15H,2,6H2,1H3;2H,1H2. The van der Waals surface area contributed by atoms with E-state index in [2.05, 4.69) is 12.0 Å². The summed E-state index contributed by atoms with van der Waals surface area (Å²) in [4.78, 5) is 0. The van der Waals surface area contributed by atoms with Gasteiger partial charge in [-0.1, -0.05) is 24.6 Å². The molecule has 2 N–H and O–H groups in total. The van der Waals surface area contributed by atoms with E-state index in [1.807, 2.05) is 6.92 Å². The third kappa shape index (κ3) is 4.75. The van der Waals surface area contributed by atoms with Crippen molar-refractivity contribution in [2.24, 2.45) is 0 Å². The van der Waals surface area contributed by atoms with E-state index < -0.39 is 11.7 Å². The van der Waals surface area contributed by atoms with Gasteiger partial charge in [0.05, 0.1) is 5.56 Å². The average molecular weight is 267 g/mol. The molecule has 1 rings (SSSR count). The van der Waals surface area contributed by atoms with Gasteiger partial charge in [-0.2, -0.15) is 13.2 Å². The molecule has 96 valence electrons. The van der Waals surface area contributed by atoms with Crippen LogP contribution in [0.15, 0.2) is 18.2 Å². The van der Waals surface area contributed by atoms with Crippen LogP contribution in [-0.2, 0) is 12.7 Å². The van der Waals surface area contributed by atoms with Gasteiger partial charge >= 0.3 is 6.18 Å². The molecule has 0 bridgehead atoms. The molecule has 0 atom stereocenters. The molecular formula is C11H14ClF3N2. The number of rotatable bonds is 3. The highest BCUT2D eigenvalue weighted by atomic mass is 35.5. The molecule has 0 amide bonds. The van der Waals surface area contributed by atoms with Crippen LogP contribution in [0.4, 0.5) is 13.2 Å². The zero-order valence-electron chi connectivity index (χ0n) is 9.37. The molecule has 1 aromatic carbocycles. The molecule has 0 aliphatic carbocycles. The molecule has 0 aromatic heterocycles. The van der Waals surface area contributed by atoms with E-state index in [0.717, 1.165) is 6.07 Å². The maximum Gasteiger partial charge on any atom is 0.416 e. The van der Waals surface area contributed by atoms with Gasteiger partial charge in [0.15, 0.2) is 0 Å². The maximum atomic E-state index is 12.6. The van der Waals surface area contributed by atoms with Crippen LogP contribution in [0.2, 0.25) is 5.02 Å². The lowest BCUT2D eigenvalue weighted by molar-refractivity contribution is -0.138. The van der Waals surface area contributed by atoms with E-state index in [1.165, 1.54) is 12.1 Å². The van der Waals surface area contributed by atoms with Crippen LogP contribution in [0.5, 0.6) is 0 Å². The summed E-state index contributed by atoms with van der Waals surface area (Å²) in [7, 11) is 0. The molecule has 0 saturated carbocycles. The molecule has 17 heavy (non-hydrogen) atoms. The van der Waals surface area contributed by atoms with E-state index in [0.29, 0.717) is 6.54 Å². The smallest absolute Gasteiger partial charge is 0.317 e. The second-order valence-electron chi connectivity index (χ2n) is 3.04. The molecule has 2 nitrogen and oxygen atoms in total. The fraction of sp³-hybridized carbons (Fsp3) is 0.364. The quantitative estimate of drug-likeness (QED) is 0.804. The van der Waals surface area contributed by atoms with Crippen LogP contribution < -0.4 is 5.32 Å². The highest BCUT2D eigenvalue weighted by Crippen LogP contribution is 2.34. The highest BCUT2D eigenvalue weighted by molar-refractivity contribution is 6.31. The van der Waals surface area contributed by atoms with Crippen molar-refractivity contribution in [2.45, 2.75) is 19.6 Å². The lowest BCUT2D eigenvalue weighted by Crippen LogP contribution is -2.17. The summed E-state index contributed by atoms with van der Waals surface area (Å²) in [6.07, 6.45) is -4.35. The molecule has 0 aliphatic heterocycles. The highest BCUT2D eigenvalue weighted by Gasteiger charge is 2.33. The van der Waals surface area contributed by atoms with Crippen molar-refractivity contribution in [1.29, 1.82) is 5.41 Å². The molecule has 1 aromatic rings. The van der Waals surface area contributed by atoms with Crippen molar-refractivity contribution >= 4 is 18.3 Å². The van der Waals surface area contributed by atoms with Crippen molar-refractivity contribution in [3.05, 3.63) is 34.3 Å². The molecule has 0 saturated heterocycles. The minimum absolute atomic E-state index is 0.105. The van der Waals surface area contributed by atoms with Gasteiger partial charge in [0.1, 0.15) is 0 Å². The van der Waals surface area contributed by atoms with E-state index in [1.54, 1.807) is 0 Å². The molecule has 0 radical (unpaired) electrons. The van der Waals surface area contributed by atoms with Crippen LogP contribution in [0.25, 0.3) is 0 Å². The molecule has 0 unspecified atom stereocenters. The SMILES string of the molecule is C=N.CCNCc1c(Cl)cccc1C(F)(F)F. The summed E-state index contributed by atoms with van der Waals surface area (Å²) in [5, 5.41) is 8.48. The Kier molecular flexibility index (Phi) is 6.83. The van der Waals surface area contributed by atoms with E-state index >= 15 is 0 Å². The van der Waals surface area contributed by atoms with Gasteiger partial charge in [-0.3, -0.25) is 0 Å². The Balaban J connectivity index is 0.00000121. The average Bonchev–Trinajstić information content (AvgIpc) is 2.28. The number of hydrogen-bond acceptors (Lipinski definition) is 2. The number of alkyl halides is 3. The van der Waals surface area contributed by atoms with Gasteiger partial charge in [-0.05, 0) is 31.0 Å². The van der Waals surface area contributed by atoms with Gasteiger partial charge in [-0.15, -0.1) is 0 Å². The first-order valence-electron chi connectivity index (χ1n) is 4.87. The minimum atomic E-state index is -4.35. The first kappa shape index (κ1) is 15.9. The first-order valence-corrected chi connectivity index (χ1v) is 5.25. The Labute approximate surface area is 103 Å². The number of halogens is 4. The normalized spacial score (nSPS) is 10.6. The zero-order valence-corrected chi connectivity index (χ0v) is 10.1. The van der Waals surface area contributed by atoms with Crippen LogP contribution >= 0.6 is 11.6 Å². The van der Waals surface area contributed by atoms with Crippen LogP contribution in [0, 0.1) is 5.41 Å². The van der Waals surface area contributed by atoms with Gasteiger partial charge in [0, 0.05) is 11.6 Å². The lowest BCUT2D eigenvalue weighted by Gasteiger charge is -2.14. The van der Waals surface area contributed by atoms with Crippen LogP contribution in [-0.4, -0.2) is 13.3 Å². The van der Waals surface area contributed by atoms with Gasteiger partial charge in [-0.25, -0.2) is 0 Å². The Bertz CT molecular complexity index is 353. The Hall–Kier alpha value is -1.07. The minimum Gasteiger partial charge on any atom is -0.317 e. The Morgan fingerprint density at radius 1 is 1.35 bits per heavy atom. The van der Waals surface area contributed by atoms with Gasteiger partial charge < -0.3 is 10.7 Å². The predicted molar refractivity (Wildman–Crippen MR) is 63.7 cm³/mol. The molecule has 6 heteroatoms. The van der Waals surface area contributed by atoms with Crippen molar-refractivity contribution in [2.75, 3.05) is 6.54 Å². The fourth-order valence-corrected chi connectivity index (χ4v) is 1.50. The second-order valence-corrected chi connectivity index (χ2v) is 3.45. The van der Waals surface area contributed by atoms with Crippen molar-refractivity contribution < 1.29 is 13.2 Å². The topological polar surface area (TPSA) is 35.9 Å². The second kappa shape index (κ2) is 7.29. The molecule has 0 spiro atoms.